The third-order valence-electron chi connectivity index (χ3n) is 4.75. The van der Waals surface area contributed by atoms with Gasteiger partial charge in [0.25, 0.3) is 5.91 Å². The van der Waals surface area contributed by atoms with E-state index in [1.54, 1.807) is 0 Å². The van der Waals surface area contributed by atoms with Gasteiger partial charge in [-0.1, -0.05) is 30.3 Å². The maximum Gasteiger partial charge on any atom is 0.328 e. The highest BCUT2D eigenvalue weighted by atomic mass is 16.5. The molecule has 0 aliphatic heterocycles. The fraction of sp³-hybridized carbons (Fsp3) is 0.391. The number of esters is 1. The van der Waals surface area contributed by atoms with E-state index in [-0.39, 0.29) is 24.3 Å². The summed E-state index contributed by atoms with van der Waals surface area (Å²) in [7, 11) is 3.12. The standard InChI is InChI=1S/C23H30N2O6/c1-24-10-6-7-11-31-21-14-20(27)18(13-17(21)15-26)22(28)25-19(23(29)30-2)12-16-8-4-3-5-9-16/h3-5,8-9,13-14,19,24,26-27H,6-7,10-12,15H2,1-2H3,(H,25,28)/t19-/m0/s1. The largest absolute Gasteiger partial charge is 0.507 e. The summed E-state index contributed by atoms with van der Waals surface area (Å²) in [5.41, 5.74) is 1.16. The molecule has 0 saturated carbocycles. The smallest absolute Gasteiger partial charge is 0.328 e. The minimum atomic E-state index is -0.931. The number of phenolic OH excluding ortho intramolecular Hbond substituents is 1. The van der Waals surface area contributed by atoms with Gasteiger partial charge < -0.3 is 30.3 Å². The van der Waals surface area contributed by atoms with Crippen molar-refractivity contribution < 1.29 is 29.3 Å². The zero-order valence-electron chi connectivity index (χ0n) is 17.9. The second-order valence-electron chi connectivity index (χ2n) is 7.03. The number of benzene rings is 2. The Bertz CT molecular complexity index is 857. The Morgan fingerprint density at radius 1 is 1.13 bits per heavy atom. The van der Waals surface area contributed by atoms with Crippen molar-refractivity contribution in [3.05, 3.63) is 59.2 Å². The number of phenols is 1. The van der Waals surface area contributed by atoms with Crippen molar-refractivity contribution in [2.75, 3.05) is 27.3 Å². The first-order valence-corrected chi connectivity index (χ1v) is 10.2. The van der Waals surface area contributed by atoms with Gasteiger partial charge in [-0.3, -0.25) is 4.79 Å². The van der Waals surface area contributed by atoms with E-state index in [0.29, 0.717) is 17.9 Å². The zero-order valence-corrected chi connectivity index (χ0v) is 17.9. The van der Waals surface area contributed by atoms with Crippen LogP contribution in [-0.2, 0) is 22.6 Å². The second-order valence-corrected chi connectivity index (χ2v) is 7.03. The molecule has 1 atom stereocenters. The fourth-order valence-electron chi connectivity index (χ4n) is 3.06. The second kappa shape index (κ2) is 12.6. The fourth-order valence-corrected chi connectivity index (χ4v) is 3.06. The molecule has 31 heavy (non-hydrogen) atoms. The number of aliphatic hydroxyl groups excluding tert-OH is 1. The lowest BCUT2D eigenvalue weighted by molar-refractivity contribution is -0.142. The number of unbranched alkanes of at least 4 members (excludes halogenated alkanes) is 1. The summed E-state index contributed by atoms with van der Waals surface area (Å²) in [6.07, 6.45) is 1.96. The highest BCUT2D eigenvalue weighted by Gasteiger charge is 2.25. The van der Waals surface area contributed by atoms with E-state index in [1.165, 1.54) is 19.2 Å². The number of carbonyl (C=O) groups is 2. The van der Waals surface area contributed by atoms with E-state index in [4.69, 9.17) is 9.47 Å². The van der Waals surface area contributed by atoms with Gasteiger partial charge >= 0.3 is 5.97 Å². The van der Waals surface area contributed by atoms with Crippen LogP contribution in [0.25, 0.3) is 0 Å². The molecule has 2 rings (SSSR count). The van der Waals surface area contributed by atoms with Crippen LogP contribution >= 0.6 is 0 Å². The predicted octanol–water partition coefficient (Wildman–Crippen LogP) is 1.78. The number of ether oxygens (including phenoxy) is 2. The number of carbonyl (C=O) groups excluding carboxylic acids is 2. The Labute approximate surface area is 182 Å². The molecule has 0 spiro atoms. The van der Waals surface area contributed by atoms with Crippen molar-refractivity contribution in [1.29, 1.82) is 0 Å². The first-order chi connectivity index (χ1) is 15.0. The summed E-state index contributed by atoms with van der Waals surface area (Å²) >= 11 is 0. The van der Waals surface area contributed by atoms with Gasteiger partial charge in [0.05, 0.1) is 25.9 Å². The molecule has 8 nitrogen and oxygen atoms in total. The van der Waals surface area contributed by atoms with E-state index < -0.39 is 17.9 Å². The lowest BCUT2D eigenvalue weighted by Gasteiger charge is -2.18. The van der Waals surface area contributed by atoms with Crippen molar-refractivity contribution in [1.82, 2.24) is 10.6 Å². The molecule has 0 aromatic heterocycles. The molecule has 2 aromatic rings. The van der Waals surface area contributed by atoms with Crippen LogP contribution < -0.4 is 15.4 Å². The van der Waals surface area contributed by atoms with Crippen molar-refractivity contribution in [3.8, 4) is 11.5 Å². The van der Waals surface area contributed by atoms with Crippen LogP contribution in [0.1, 0.15) is 34.3 Å². The quantitative estimate of drug-likeness (QED) is 0.299. The molecule has 0 unspecified atom stereocenters. The Hall–Kier alpha value is -3.10. The summed E-state index contributed by atoms with van der Waals surface area (Å²) < 4.78 is 10.5. The molecule has 0 bridgehead atoms. The van der Waals surface area contributed by atoms with E-state index in [2.05, 4.69) is 10.6 Å². The van der Waals surface area contributed by atoms with Crippen molar-refractivity contribution in [3.63, 3.8) is 0 Å². The summed E-state index contributed by atoms with van der Waals surface area (Å²) in [4.78, 5) is 25.0. The maximum absolute atomic E-state index is 12.8. The van der Waals surface area contributed by atoms with Crippen LogP contribution in [0.15, 0.2) is 42.5 Å². The van der Waals surface area contributed by atoms with Crippen molar-refractivity contribution in [2.45, 2.75) is 31.9 Å². The molecule has 0 aliphatic rings. The molecule has 0 fully saturated rings. The minimum absolute atomic E-state index is 0.0615. The van der Waals surface area contributed by atoms with Crippen LogP contribution in [0.5, 0.6) is 11.5 Å². The number of aliphatic hydroxyl groups is 1. The van der Waals surface area contributed by atoms with E-state index in [0.717, 1.165) is 24.9 Å². The molecule has 168 valence electrons. The average Bonchev–Trinajstić information content (AvgIpc) is 2.78. The topological polar surface area (TPSA) is 117 Å². The first-order valence-electron chi connectivity index (χ1n) is 10.2. The van der Waals surface area contributed by atoms with E-state index >= 15 is 0 Å². The van der Waals surface area contributed by atoms with Gasteiger partial charge in [-0.15, -0.1) is 0 Å². The molecule has 1 amide bonds. The van der Waals surface area contributed by atoms with Crippen molar-refractivity contribution >= 4 is 11.9 Å². The SMILES string of the molecule is CNCCCCOc1cc(O)c(C(=O)N[C@@H](Cc2ccccc2)C(=O)OC)cc1CO. The number of hydrogen-bond acceptors (Lipinski definition) is 7. The lowest BCUT2D eigenvalue weighted by atomic mass is 10.0. The molecule has 0 radical (unpaired) electrons. The van der Waals surface area contributed by atoms with Gasteiger partial charge in [0.15, 0.2) is 0 Å². The number of rotatable bonds is 12. The third kappa shape index (κ3) is 7.27. The molecule has 0 aliphatic carbocycles. The Balaban J connectivity index is 2.13. The molecule has 0 heterocycles. The number of methoxy groups -OCH3 is 1. The van der Waals surface area contributed by atoms with Gasteiger partial charge in [-0.05, 0) is 38.1 Å². The summed E-state index contributed by atoms with van der Waals surface area (Å²) in [6.45, 7) is 0.920. The highest BCUT2D eigenvalue weighted by molar-refractivity contribution is 5.99. The highest BCUT2D eigenvalue weighted by Crippen LogP contribution is 2.29. The van der Waals surface area contributed by atoms with E-state index in [9.17, 15) is 19.8 Å². The van der Waals surface area contributed by atoms with Gasteiger partial charge in [0.1, 0.15) is 17.5 Å². The van der Waals surface area contributed by atoms with Gasteiger partial charge in [0.2, 0.25) is 0 Å². The molecule has 2 aromatic carbocycles. The number of nitrogens with one attached hydrogen (secondary N) is 2. The average molecular weight is 431 g/mol. The third-order valence-corrected chi connectivity index (χ3v) is 4.75. The van der Waals surface area contributed by atoms with Crippen LogP contribution in [0.3, 0.4) is 0 Å². The van der Waals surface area contributed by atoms with E-state index in [1.807, 2.05) is 37.4 Å². The normalized spacial score (nSPS) is 11.6. The van der Waals surface area contributed by atoms with Gasteiger partial charge in [0, 0.05) is 18.1 Å². The zero-order chi connectivity index (χ0) is 22.6. The molecular formula is C23H30N2O6. The Morgan fingerprint density at radius 3 is 2.52 bits per heavy atom. The number of aromatic hydroxyl groups is 1. The van der Waals surface area contributed by atoms with Gasteiger partial charge in [-0.2, -0.15) is 0 Å². The molecule has 0 saturated heterocycles. The Kier molecular flexibility index (Phi) is 9.80. The molecular weight excluding hydrogens is 400 g/mol. The number of amides is 1. The molecule has 8 heteroatoms. The van der Waals surface area contributed by atoms with Crippen molar-refractivity contribution in [2.24, 2.45) is 0 Å². The van der Waals surface area contributed by atoms with Crippen LogP contribution in [0.2, 0.25) is 0 Å². The lowest BCUT2D eigenvalue weighted by Crippen LogP contribution is -2.43. The van der Waals surface area contributed by atoms with Crippen LogP contribution in [0, 0.1) is 0 Å². The predicted molar refractivity (Wildman–Crippen MR) is 116 cm³/mol. The summed E-state index contributed by atoms with van der Waals surface area (Å²) in [5, 5.41) is 25.7. The van der Waals surface area contributed by atoms with Crippen LogP contribution in [-0.4, -0.2) is 55.4 Å². The Morgan fingerprint density at radius 2 is 1.87 bits per heavy atom. The maximum atomic E-state index is 12.8. The summed E-state index contributed by atoms with van der Waals surface area (Å²) in [5.74, 6) is -1.24. The van der Waals surface area contributed by atoms with Crippen LogP contribution in [0.4, 0.5) is 0 Å². The minimum Gasteiger partial charge on any atom is -0.507 e. The molecule has 4 N–H and O–H groups in total. The monoisotopic (exact) mass is 430 g/mol. The van der Waals surface area contributed by atoms with Gasteiger partial charge in [-0.25, -0.2) is 4.79 Å². The first kappa shape index (κ1) is 24.2. The summed E-state index contributed by atoms with van der Waals surface area (Å²) in [6, 6.07) is 10.9. The number of hydrogen-bond donors (Lipinski definition) is 4.